The van der Waals surface area contributed by atoms with Gasteiger partial charge in [-0.3, -0.25) is 4.79 Å². The van der Waals surface area contributed by atoms with Crippen LogP contribution in [0.5, 0.6) is 5.75 Å². The minimum atomic E-state index is -0.943. The summed E-state index contributed by atoms with van der Waals surface area (Å²) in [5.41, 5.74) is 1.03. The van der Waals surface area contributed by atoms with E-state index in [4.69, 9.17) is 13.6 Å². The van der Waals surface area contributed by atoms with Crippen LogP contribution in [0.2, 0.25) is 0 Å². The third kappa shape index (κ3) is 2.18. The van der Waals surface area contributed by atoms with Crippen LogP contribution in [-0.4, -0.2) is 18.2 Å². The summed E-state index contributed by atoms with van der Waals surface area (Å²) < 4.78 is 17.5. The first-order valence-electron chi connectivity index (χ1n) is 8.72. The fourth-order valence-corrected chi connectivity index (χ4v) is 4.39. The van der Waals surface area contributed by atoms with Crippen molar-refractivity contribution < 1.29 is 23.5 Å². The zero-order chi connectivity index (χ0) is 17.8. The van der Waals surface area contributed by atoms with E-state index < -0.39 is 11.4 Å². The fraction of sp³-hybridized carbons (Fsp3) is 0.450. The number of carbonyl (C=O) groups is 1. The molecule has 1 aliphatic carbocycles. The second-order valence-electron chi connectivity index (χ2n) is 7.06. The number of aryl methyl sites for hydroxylation is 2. The molecule has 5 nitrogen and oxygen atoms in total. The topological polar surface area (TPSA) is 72.8 Å². The van der Waals surface area contributed by atoms with Gasteiger partial charge in [0.05, 0.1) is 17.9 Å². The van der Waals surface area contributed by atoms with Crippen molar-refractivity contribution in [3.63, 3.8) is 0 Å². The van der Waals surface area contributed by atoms with Crippen LogP contribution in [0.3, 0.4) is 0 Å². The third-order valence-electron chi connectivity index (χ3n) is 5.46. The number of hydrogen-bond donors (Lipinski definition) is 1. The Labute approximate surface area is 145 Å². The second kappa shape index (κ2) is 5.55. The number of carboxylic acids is 1. The van der Waals surface area contributed by atoms with Crippen molar-refractivity contribution in [2.45, 2.75) is 51.4 Å². The van der Waals surface area contributed by atoms with E-state index in [9.17, 15) is 9.90 Å². The van der Waals surface area contributed by atoms with E-state index in [-0.39, 0.29) is 0 Å². The summed E-state index contributed by atoms with van der Waals surface area (Å²) in [4.78, 5) is 12.4. The maximum absolute atomic E-state index is 12.4. The first-order chi connectivity index (χ1) is 12.0. The lowest BCUT2D eigenvalue weighted by Gasteiger charge is -2.34. The Morgan fingerprint density at radius 2 is 1.64 bits per heavy atom. The van der Waals surface area contributed by atoms with Crippen LogP contribution >= 0.6 is 0 Å². The Morgan fingerprint density at radius 3 is 2.24 bits per heavy atom. The molecule has 1 aromatic carbocycles. The van der Waals surface area contributed by atoms with Crippen LogP contribution in [-0.2, 0) is 10.2 Å². The summed E-state index contributed by atoms with van der Waals surface area (Å²) in [6.07, 6.45) is 4.10. The van der Waals surface area contributed by atoms with E-state index in [2.05, 4.69) is 0 Å². The second-order valence-corrected chi connectivity index (χ2v) is 7.06. The van der Waals surface area contributed by atoms with Crippen molar-refractivity contribution in [3.05, 3.63) is 29.2 Å². The molecule has 0 aliphatic heterocycles. The summed E-state index contributed by atoms with van der Waals surface area (Å²) in [6, 6.07) is 3.80. The fourth-order valence-electron chi connectivity index (χ4n) is 4.39. The van der Waals surface area contributed by atoms with E-state index in [1.54, 1.807) is 7.11 Å². The average Bonchev–Trinajstić information content (AvgIpc) is 3.14. The Bertz CT molecular complexity index is 911. The number of benzene rings is 1. The van der Waals surface area contributed by atoms with Gasteiger partial charge in [-0.25, -0.2) is 0 Å². The summed E-state index contributed by atoms with van der Waals surface area (Å²) in [5.74, 6) is 1.29. The average molecular weight is 342 g/mol. The summed E-state index contributed by atoms with van der Waals surface area (Å²) in [5, 5.41) is 11.8. The standard InChI is InChI=1S/C20H22O5/c1-11-9-13-15(20(19(21)22)7-5-4-6-8-20)16-14(10-12(2)24-16)17(23-3)18(13)25-11/h9-10H,4-8H2,1-3H3,(H,21,22). The van der Waals surface area contributed by atoms with Gasteiger partial charge in [0.1, 0.15) is 17.1 Å². The van der Waals surface area contributed by atoms with Crippen LogP contribution in [0.4, 0.5) is 0 Å². The number of rotatable bonds is 3. The molecule has 0 bridgehead atoms. The molecule has 0 unspecified atom stereocenters. The van der Waals surface area contributed by atoms with Crippen LogP contribution in [0.25, 0.3) is 21.9 Å². The monoisotopic (exact) mass is 342 g/mol. The van der Waals surface area contributed by atoms with Crippen LogP contribution < -0.4 is 4.74 Å². The summed E-state index contributed by atoms with van der Waals surface area (Å²) in [6.45, 7) is 3.73. The SMILES string of the molecule is COc1c2cc(C)oc2c(C2(C(=O)O)CCCCC2)c2cc(C)oc12. The molecule has 0 atom stereocenters. The number of hydrogen-bond acceptors (Lipinski definition) is 4. The molecule has 0 saturated heterocycles. The summed E-state index contributed by atoms with van der Waals surface area (Å²) >= 11 is 0. The van der Waals surface area contributed by atoms with Gasteiger partial charge in [-0.1, -0.05) is 19.3 Å². The number of fused-ring (bicyclic) bond motifs is 2. The third-order valence-corrected chi connectivity index (χ3v) is 5.46. The van der Waals surface area contributed by atoms with Gasteiger partial charge >= 0.3 is 5.97 Å². The summed E-state index contributed by atoms with van der Waals surface area (Å²) in [7, 11) is 1.60. The lowest BCUT2D eigenvalue weighted by atomic mass is 9.68. The number of methoxy groups -OCH3 is 1. The van der Waals surface area contributed by atoms with Crippen molar-refractivity contribution >= 4 is 27.9 Å². The number of furan rings is 2. The largest absolute Gasteiger partial charge is 0.492 e. The van der Waals surface area contributed by atoms with Gasteiger partial charge in [0.15, 0.2) is 11.3 Å². The van der Waals surface area contributed by atoms with Crippen LogP contribution in [0, 0.1) is 13.8 Å². The van der Waals surface area contributed by atoms with Crippen molar-refractivity contribution in [3.8, 4) is 5.75 Å². The molecule has 1 saturated carbocycles. The molecule has 2 aromatic heterocycles. The van der Waals surface area contributed by atoms with Crippen molar-refractivity contribution in [1.29, 1.82) is 0 Å². The molecule has 1 fully saturated rings. The molecule has 5 heteroatoms. The molecular weight excluding hydrogens is 320 g/mol. The smallest absolute Gasteiger partial charge is 0.314 e. The van der Waals surface area contributed by atoms with Crippen LogP contribution in [0.15, 0.2) is 21.0 Å². The molecule has 25 heavy (non-hydrogen) atoms. The molecule has 1 N–H and O–H groups in total. The molecule has 0 spiro atoms. The van der Waals surface area contributed by atoms with Gasteiger partial charge in [-0.15, -0.1) is 0 Å². The molecule has 4 rings (SSSR count). The number of carboxylic acid groups (broad SMARTS) is 1. The molecule has 132 valence electrons. The van der Waals surface area contributed by atoms with Crippen molar-refractivity contribution in [2.24, 2.45) is 0 Å². The van der Waals surface area contributed by atoms with Gasteiger partial charge in [0, 0.05) is 10.9 Å². The van der Waals surface area contributed by atoms with Gasteiger partial charge < -0.3 is 18.7 Å². The van der Waals surface area contributed by atoms with Gasteiger partial charge in [-0.2, -0.15) is 0 Å². The number of ether oxygens (including phenoxy) is 1. The zero-order valence-corrected chi connectivity index (χ0v) is 14.8. The lowest BCUT2D eigenvalue weighted by Crippen LogP contribution is -2.38. The van der Waals surface area contributed by atoms with E-state index in [1.807, 2.05) is 26.0 Å². The van der Waals surface area contributed by atoms with E-state index in [0.29, 0.717) is 29.8 Å². The Balaban J connectivity index is 2.19. The molecular formula is C20H22O5. The first kappa shape index (κ1) is 16.1. The Morgan fingerprint density at radius 1 is 1.04 bits per heavy atom. The minimum Gasteiger partial charge on any atom is -0.492 e. The van der Waals surface area contributed by atoms with Crippen molar-refractivity contribution in [1.82, 2.24) is 0 Å². The Kier molecular flexibility index (Phi) is 3.56. The highest BCUT2D eigenvalue weighted by molar-refractivity contribution is 6.08. The molecule has 0 amide bonds. The normalized spacial score (nSPS) is 17.2. The van der Waals surface area contributed by atoms with E-state index in [1.165, 1.54) is 0 Å². The minimum absolute atomic E-state index is 0.606. The highest BCUT2D eigenvalue weighted by atomic mass is 16.5. The van der Waals surface area contributed by atoms with E-state index >= 15 is 0 Å². The van der Waals surface area contributed by atoms with Gasteiger partial charge in [0.2, 0.25) is 0 Å². The zero-order valence-electron chi connectivity index (χ0n) is 14.8. The van der Waals surface area contributed by atoms with Crippen molar-refractivity contribution in [2.75, 3.05) is 7.11 Å². The highest BCUT2D eigenvalue weighted by Gasteiger charge is 2.45. The molecule has 3 aromatic rings. The molecule has 0 radical (unpaired) electrons. The molecule has 1 aliphatic rings. The predicted molar refractivity (Wildman–Crippen MR) is 94.4 cm³/mol. The first-order valence-corrected chi connectivity index (χ1v) is 8.72. The quantitative estimate of drug-likeness (QED) is 0.717. The maximum atomic E-state index is 12.4. The highest BCUT2D eigenvalue weighted by Crippen LogP contribution is 2.50. The molecule has 2 heterocycles. The Hall–Kier alpha value is -2.43. The predicted octanol–water partition coefficient (Wildman–Crippen LogP) is 5.09. The van der Waals surface area contributed by atoms with Crippen LogP contribution in [0.1, 0.15) is 49.2 Å². The van der Waals surface area contributed by atoms with E-state index in [0.717, 1.165) is 47.1 Å². The lowest BCUT2D eigenvalue weighted by molar-refractivity contribution is -0.145. The van der Waals surface area contributed by atoms with Gasteiger partial charge in [0.25, 0.3) is 0 Å². The van der Waals surface area contributed by atoms with Gasteiger partial charge in [-0.05, 0) is 38.8 Å². The maximum Gasteiger partial charge on any atom is 0.314 e. The number of aliphatic carboxylic acids is 1.